The lowest BCUT2D eigenvalue weighted by atomic mass is 10.1. The highest BCUT2D eigenvalue weighted by atomic mass is 16.1. The van der Waals surface area contributed by atoms with Crippen molar-refractivity contribution in [2.45, 2.75) is 25.3 Å². The third-order valence-electron chi connectivity index (χ3n) is 1.86. The normalized spacial score (nSPS) is 24.8. The zero-order valence-corrected chi connectivity index (χ0v) is 6.60. The van der Waals surface area contributed by atoms with Crippen molar-refractivity contribution in [1.29, 1.82) is 0 Å². The Kier molecular flexibility index (Phi) is 3.32. The second-order valence-corrected chi connectivity index (χ2v) is 2.81. The summed E-state index contributed by atoms with van der Waals surface area (Å²) in [6.45, 7) is 1.31. The van der Waals surface area contributed by atoms with Gasteiger partial charge in [0.15, 0.2) is 0 Å². The Balaban J connectivity index is 2.17. The number of hydrogen-bond acceptors (Lipinski definition) is 3. The maximum atomic E-state index is 10.9. The molecule has 0 aromatic rings. The van der Waals surface area contributed by atoms with Crippen molar-refractivity contribution >= 4 is 5.91 Å². The van der Waals surface area contributed by atoms with E-state index in [9.17, 15) is 4.79 Å². The lowest BCUT2D eigenvalue weighted by Crippen LogP contribution is -2.48. The van der Waals surface area contributed by atoms with E-state index in [1.807, 2.05) is 0 Å². The molecule has 0 aromatic carbocycles. The quantitative estimate of drug-likeness (QED) is 0.500. The van der Waals surface area contributed by atoms with Crippen LogP contribution in [0.2, 0.25) is 0 Å². The van der Waals surface area contributed by atoms with Gasteiger partial charge in [-0.25, -0.2) is 0 Å². The fourth-order valence-electron chi connectivity index (χ4n) is 1.23. The standard InChI is InChI=1S/C7H15N3O/c8-3-1-2-6-4-7(11)10-5-9-6/h6,9H,1-5,8H2,(H,10,11)/t6-/m1/s1. The predicted molar refractivity (Wildman–Crippen MR) is 42.8 cm³/mol. The van der Waals surface area contributed by atoms with Gasteiger partial charge in [-0.2, -0.15) is 0 Å². The van der Waals surface area contributed by atoms with Gasteiger partial charge in [-0.3, -0.25) is 10.1 Å². The fourth-order valence-corrected chi connectivity index (χ4v) is 1.23. The molecule has 1 aliphatic heterocycles. The summed E-state index contributed by atoms with van der Waals surface area (Å²) in [7, 11) is 0. The molecule has 0 bridgehead atoms. The van der Waals surface area contributed by atoms with Gasteiger partial charge in [0.25, 0.3) is 0 Å². The van der Waals surface area contributed by atoms with Crippen molar-refractivity contribution in [3.63, 3.8) is 0 Å². The number of hydrogen-bond donors (Lipinski definition) is 3. The van der Waals surface area contributed by atoms with Gasteiger partial charge in [0.1, 0.15) is 0 Å². The molecular weight excluding hydrogens is 142 g/mol. The second kappa shape index (κ2) is 4.31. The molecule has 64 valence electrons. The molecule has 11 heavy (non-hydrogen) atoms. The molecule has 1 rings (SSSR count). The van der Waals surface area contributed by atoms with E-state index in [0.717, 1.165) is 12.8 Å². The minimum absolute atomic E-state index is 0.144. The topological polar surface area (TPSA) is 67.2 Å². The lowest BCUT2D eigenvalue weighted by Gasteiger charge is -2.23. The van der Waals surface area contributed by atoms with E-state index in [1.165, 1.54) is 0 Å². The maximum absolute atomic E-state index is 10.9. The zero-order chi connectivity index (χ0) is 8.10. The summed E-state index contributed by atoms with van der Waals surface area (Å²) in [4.78, 5) is 10.9. The van der Waals surface area contributed by atoms with Crippen LogP contribution in [0, 0.1) is 0 Å². The van der Waals surface area contributed by atoms with Gasteiger partial charge in [-0.15, -0.1) is 0 Å². The molecule has 1 saturated heterocycles. The molecule has 0 aliphatic carbocycles. The van der Waals surface area contributed by atoms with E-state index in [0.29, 0.717) is 25.7 Å². The minimum Gasteiger partial charge on any atom is -0.343 e. The number of nitrogens with two attached hydrogens (primary N) is 1. The SMILES string of the molecule is NCCC[C@@H]1CC(=O)NCN1. The van der Waals surface area contributed by atoms with Crippen LogP contribution in [0.5, 0.6) is 0 Å². The fraction of sp³-hybridized carbons (Fsp3) is 0.857. The third kappa shape index (κ3) is 2.86. The Bertz CT molecular complexity index is 138. The van der Waals surface area contributed by atoms with Gasteiger partial charge in [0.2, 0.25) is 5.91 Å². The molecule has 0 unspecified atom stereocenters. The van der Waals surface area contributed by atoms with E-state index < -0.39 is 0 Å². The third-order valence-corrected chi connectivity index (χ3v) is 1.86. The molecule has 1 aliphatic rings. The van der Waals surface area contributed by atoms with Gasteiger partial charge in [-0.05, 0) is 19.4 Å². The van der Waals surface area contributed by atoms with Crippen LogP contribution in [0.15, 0.2) is 0 Å². The number of nitrogens with one attached hydrogen (secondary N) is 2. The predicted octanol–water partition coefficient (Wildman–Crippen LogP) is -0.839. The minimum atomic E-state index is 0.144. The van der Waals surface area contributed by atoms with Crippen LogP contribution in [-0.4, -0.2) is 25.2 Å². The van der Waals surface area contributed by atoms with Crippen LogP contribution in [-0.2, 0) is 4.79 Å². The van der Waals surface area contributed by atoms with Gasteiger partial charge >= 0.3 is 0 Å². The van der Waals surface area contributed by atoms with Crippen LogP contribution >= 0.6 is 0 Å². The summed E-state index contributed by atoms with van der Waals surface area (Å²) in [5, 5.41) is 5.90. The molecule has 0 aromatic heterocycles. The molecule has 4 heteroatoms. The van der Waals surface area contributed by atoms with E-state index in [-0.39, 0.29) is 5.91 Å². The Morgan fingerprint density at radius 1 is 1.64 bits per heavy atom. The molecule has 0 radical (unpaired) electrons. The number of carbonyl (C=O) groups excluding carboxylic acids is 1. The maximum Gasteiger partial charge on any atom is 0.222 e. The first-order chi connectivity index (χ1) is 5.33. The Labute approximate surface area is 66.5 Å². The lowest BCUT2D eigenvalue weighted by molar-refractivity contribution is -0.123. The van der Waals surface area contributed by atoms with Crippen molar-refractivity contribution in [3.8, 4) is 0 Å². The van der Waals surface area contributed by atoms with Gasteiger partial charge < -0.3 is 11.1 Å². The molecule has 4 N–H and O–H groups in total. The van der Waals surface area contributed by atoms with E-state index in [4.69, 9.17) is 5.73 Å². The largest absolute Gasteiger partial charge is 0.343 e. The summed E-state index contributed by atoms with van der Waals surface area (Å²) in [6, 6.07) is 0.340. The number of carbonyl (C=O) groups is 1. The van der Waals surface area contributed by atoms with Crippen molar-refractivity contribution in [2.75, 3.05) is 13.2 Å². The molecule has 0 saturated carbocycles. The highest BCUT2D eigenvalue weighted by Crippen LogP contribution is 2.03. The van der Waals surface area contributed by atoms with Gasteiger partial charge in [0, 0.05) is 12.5 Å². The van der Waals surface area contributed by atoms with E-state index in [2.05, 4.69) is 10.6 Å². The monoisotopic (exact) mass is 157 g/mol. The van der Waals surface area contributed by atoms with E-state index >= 15 is 0 Å². The molecule has 1 amide bonds. The van der Waals surface area contributed by atoms with Crippen molar-refractivity contribution in [1.82, 2.24) is 10.6 Å². The summed E-state index contributed by atoms with van der Waals surface area (Å²) < 4.78 is 0. The van der Waals surface area contributed by atoms with Crippen LogP contribution in [0.25, 0.3) is 0 Å². The first-order valence-electron chi connectivity index (χ1n) is 4.03. The first kappa shape index (κ1) is 8.49. The van der Waals surface area contributed by atoms with Gasteiger partial charge in [0.05, 0.1) is 6.67 Å². The summed E-state index contributed by atoms with van der Waals surface area (Å²) in [6.07, 6.45) is 2.59. The zero-order valence-electron chi connectivity index (χ0n) is 6.60. The van der Waals surface area contributed by atoms with Crippen molar-refractivity contribution < 1.29 is 4.79 Å². The van der Waals surface area contributed by atoms with Crippen LogP contribution in [0.1, 0.15) is 19.3 Å². The van der Waals surface area contributed by atoms with Crippen molar-refractivity contribution in [2.24, 2.45) is 5.73 Å². The molecule has 1 heterocycles. The molecule has 4 nitrogen and oxygen atoms in total. The molecule has 0 spiro atoms. The average Bonchev–Trinajstić information content (AvgIpc) is 2.01. The summed E-state index contributed by atoms with van der Waals surface area (Å²) >= 11 is 0. The number of rotatable bonds is 3. The second-order valence-electron chi connectivity index (χ2n) is 2.81. The van der Waals surface area contributed by atoms with Gasteiger partial charge in [-0.1, -0.05) is 0 Å². The summed E-state index contributed by atoms with van der Waals surface area (Å²) in [5.74, 6) is 0.144. The van der Waals surface area contributed by atoms with Crippen molar-refractivity contribution in [3.05, 3.63) is 0 Å². The van der Waals surface area contributed by atoms with Crippen LogP contribution in [0.4, 0.5) is 0 Å². The molecule has 1 fully saturated rings. The number of amides is 1. The highest BCUT2D eigenvalue weighted by molar-refractivity contribution is 5.77. The summed E-state index contributed by atoms with van der Waals surface area (Å²) in [5.41, 5.74) is 5.35. The Hall–Kier alpha value is -0.610. The smallest absolute Gasteiger partial charge is 0.222 e. The van der Waals surface area contributed by atoms with E-state index in [1.54, 1.807) is 0 Å². The molecule has 1 atom stereocenters. The first-order valence-corrected chi connectivity index (χ1v) is 4.03. The van der Waals surface area contributed by atoms with Crippen LogP contribution in [0.3, 0.4) is 0 Å². The average molecular weight is 157 g/mol. The Morgan fingerprint density at radius 2 is 2.45 bits per heavy atom. The highest BCUT2D eigenvalue weighted by Gasteiger charge is 2.16. The van der Waals surface area contributed by atoms with Crippen LogP contribution < -0.4 is 16.4 Å². The Morgan fingerprint density at radius 3 is 3.09 bits per heavy atom. The molecular formula is C7H15N3O.